The van der Waals surface area contributed by atoms with Crippen LogP contribution in [0.5, 0.6) is 0 Å². The number of nitrogens with zero attached hydrogens (tertiary/aromatic N) is 1. The maximum atomic E-state index is 12.0. The number of benzene rings is 1. The first-order valence-corrected chi connectivity index (χ1v) is 7.90. The Kier molecular flexibility index (Phi) is 6.97. The molecule has 0 saturated carbocycles. The lowest BCUT2D eigenvalue weighted by Crippen LogP contribution is -2.41. The highest BCUT2D eigenvalue weighted by molar-refractivity contribution is 6.31. The predicted octanol–water partition coefficient (Wildman–Crippen LogP) is 3.09. The third kappa shape index (κ3) is 6.97. The minimum Gasteiger partial charge on any atom is -0.388 e. The number of aliphatic hydroxyl groups is 1. The molecular formula is C16H23ClN2O4. The average molecular weight is 343 g/mol. The standard InChI is InChI=1S/C16H23ClN2O4/c1-11(2)6-7-16(3,21)10-18-15(20)8-12-4-5-13(19(22)23)9-14(12)17/h4-5,9,11,21H,6-8,10H2,1-3H3,(H,18,20). The normalized spacial score (nSPS) is 13.7. The third-order valence-corrected chi connectivity index (χ3v) is 3.88. The molecule has 1 rings (SSSR count). The first-order valence-electron chi connectivity index (χ1n) is 7.52. The summed E-state index contributed by atoms with van der Waals surface area (Å²) >= 11 is 5.96. The maximum absolute atomic E-state index is 12.0. The molecular weight excluding hydrogens is 320 g/mol. The summed E-state index contributed by atoms with van der Waals surface area (Å²) in [4.78, 5) is 22.1. The van der Waals surface area contributed by atoms with Gasteiger partial charge in [-0.3, -0.25) is 14.9 Å². The van der Waals surface area contributed by atoms with Crippen molar-refractivity contribution in [1.29, 1.82) is 0 Å². The lowest BCUT2D eigenvalue weighted by Gasteiger charge is -2.24. The van der Waals surface area contributed by atoms with Gasteiger partial charge in [0.05, 0.1) is 22.0 Å². The first kappa shape index (κ1) is 19.4. The number of halogens is 1. The summed E-state index contributed by atoms with van der Waals surface area (Å²) in [5.74, 6) is 0.196. The minimum atomic E-state index is -0.959. The monoisotopic (exact) mass is 342 g/mol. The molecule has 23 heavy (non-hydrogen) atoms. The molecule has 1 atom stereocenters. The number of nitrogens with one attached hydrogen (secondary N) is 1. The van der Waals surface area contributed by atoms with E-state index in [4.69, 9.17) is 11.6 Å². The van der Waals surface area contributed by atoms with Gasteiger partial charge in [-0.25, -0.2) is 0 Å². The van der Waals surface area contributed by atoms with E-state index in [-0.39, 0.29) is 29.6 Å². The van der Waals surface area contributed by atoms with Gasteiger partial charge in [0, 0.05) is 18.7 Å². The van der Waals surface area contributed by atoms with Gasteiger partial charge in [0.2, 0.25) is 5.91 Å². The van der Waals surface area contributed by atoms with Crippen molar-refractivity contribution >= 4 is 23.2 Å². The zero-order valence-electron chi connectivity index (χ0n) is 13.6. The van der Waals surface area contributed by atoms with Crippen molar-refractivity contribution in [3.8, 4) is 0 Å². The second-order valence-corrected chi connectivity index (χ2v) is 6.82. The molecule has 0 aromatic heterocycles. The fraction of sp³-hybridized carbons (Fsp3) is 0.562. The molecule has 0 radical (unpaired) electrons. The highest BCUT2D eigenvalue weighted by Crippen LogP contribution is 2.23. The Morgan fingerprint density at radius 2 is 2.13 bits per heavy atom. The van der Waals surface area contributed by atoms with E-state index in [1.165, 1.54) is 18.2 Å². The summed E-state index contributed by atoms with van der Waals surface area (Å²) in [6.45, 7) is 5.99. The van der Waals surface area contributed by atoms with Gasteiger partial charge in [-0.2, -0.15) is 0 Å². The first-order chi connectivity index (χ1) is 10.6. The Bertz CT molecular complexity index is 573. The molecule has 2 N–H and O–H groups in total. The molecule has 0 aliphatic carbocycles. The average Bonchev–Trinajstić information content (AvgIpc) is 2.45. The Balaban J connectivity index is 2.55. The van der Waals surface area contributed by atoms with Crippen LogP contribution < -0.4 is 5.32 Å². The molecule has 0 fully saturated rings. The van der Waals surface area contributed by atoms with Crippen molar-refractivity contribution in [2.24, 2.45) is 5.92 Å². The zero-order valence-corrected chi connectivity index (χ0v) is 14.4. The highest BCUT2D eigenvalue weighted by Gasteiger charge is 2.21. The summed E-state index contributed by atoms with van der Waals surface area (Å²) in [5.41, 5.74) is -0.563. The largest absolute Gasteiger partial charge is 0.388 e. The quantitative estimate of drug-likeness (QED) is 0.561. The molecule has 0 aliphatic rings. The number of carbonyl (C=O) groups excluding carboxylic acids is 1. The molecule has 1 aromatic rings. The van der Waals surface area contributed by atoms with Crippen molar-refractivity contribution in [1.82, 2.24) is 5.32 Å². The van der Waals surface area contributed by atoms with Crippen molar-refractivity contribution in [2.45, 2.75) is 45.6 Å². The molecule has 0 spiro atoms. The molecule has 6 nitrogen and oxygen atoms in total. The number of rotatable bonds is 8. The van der Waals surface area contributed by atoms with Crippen LogP contribution in [-0.4, -0.2) is 28.1 Å². The van der Waals surface area contributed by atoms with Crippen LogP contribution in [0.4, 0.5) is 5.69 Å². The van der Waals surface area contributed by atoms with Gasteiger partial charge >= 0.3 is 0 Å². The van der Waals surface area contributed by atoms with Crippen molar-refractivity contribution in [3.05, 3.63) is 38.9 Å². The van der Waals surface area contributed by atoms with Crippen molar-refractivity contribution in [2.75, 3.05) is 6.54 Å². The topological polar surface area (TPSA) is 92.5 Å². The van der Waals surface area contributed by atoms with Crippen LogP contribution in [0, 0.1) is 16.0 Å². The maximum Gasteiger partial charge on any atom is 0.270 e. The van der Waals surface area contributed by atoms with Crippen molar-refractivity contribution in [3.63, 3.8) is 0 Å². The Labute approximate surface area is 141 Å². The van der Waals surface area contributed by atoms with Gasteiger partial charge < -0.3 is 10.4 Å². The smallest absolute Gasteiger partial charge is 0.270 e. The van der Waals surface area contributed by atoms with Gasteiger partial charge in [0.1, 0.15) is 0 Å². The molecule has 7 heteroatoms. The Hall–Kier alpha value is -1.66. The summed E-state index contributed by atoms with van der Waals surface area (Å²) in [6.07, 6.45) is 1.48. The zero-order chi connectivity index (χ0) is 17.6. The number of nitro benzene ring substituents is 1. The van der Waals surface area contributed by atoms with Gasteiger partial charge in [-0.15, -0.1) is 0 Å². The molecule has 128 valence electrons. The molecule has 0 saturated heterocycles. The molecule has 1 unspecified atom stereocenters. The van der Waals surface area contributed by atoms with Crippen LogP contribution in [0.1, 0.15) is 39.2 Å². The summed E-state index contributed by atoms with van der Waals surface area (Å²) in [7, 11) is 0. The summed E-state index contributed by atoms with van der Waals surface area (Å²) < 4.78 is 0. The third-order valence-electron chi connectivity index (χ3n) is 3.53. The van der Waals surface area contributed by atoms with Crippen LogP contribution in [0.25, 0.3) is 0 Å². The SMILES string of the molecule is CC(C)CCC(C)(O)CNC(=O)Cc1ccc([N+](=O)[O-])cc1Cl. The van der Waals surface area contributed by atoms with E-state index in [1.54, 1.807) is 6.92 Å². The Morgan fingerprint density at radius 3 is 2.65 bits per heavy atom. The number of hydrogen-bond acceptors (Lipinski definition) is 4. The number of hydrogen-bond donors (Lipinski definition) is 2. The van der Waals surface area contributed by atoms with E-state index in [0.717, 1.165) is 6.42 Å². The molecule has 0 bridgehead atoms. The van der Waals surface area contributed by atoms with Gasteiger partial charge in [-0.1, -0.05) is 31.5 Å². The molecule has 0 heterocycles. The predicted molar refractivity (Wildman–Crippen MR) is 89.5 cm³/mol. The van der Waals surface area contributed by atoms with Crippen LogP contribution in [-0.2, 0) is 11.2 Å². The van der Waals surface area contributed by atoms with Crippen LogP contribution in [0.2, 0.25) is 5.02 Å². The number of nitro groups is 1. The van der Waals surface area contributed by atoms with Gasteiger partial charge in [0.15, 0.2) is 0 Å². The van der Waals surface area contributed by atoms with Crippen LogP contribution in [0.3, 0.4) is 0 Å². The van der Waals surface area contributed by atoms with Gasteiger partial charge in [-0.05, 0) is 31.2 Å². The second kappa shape index (κ2) is 8.26. The van der Waals surface area contributed by atoms with Crippen LogP contribution in [0.15, 0.2) is 18.2 Å². The highest BCUT2D eigenvalue weighted by atomic mass is 35.5. The van der Waals surface area contributed by atoms with E-state index < -0.39 is 10.5 Å². The number of non-ortho nitro benzene ring substituents is 1. The fourth-order valence-electron chi connectivity index (χ4n) is 2.01. The Morgan fingerprint density at radius 1 is 1.48 bits per heavy atom. The lowest BCUT2D eigenvalue weighted by atomic mass is 9.95. The molecule has 1 amide bonds. The van der Waals surface area contributed by atoms with Gasteiger partial charge in [0.25, 0.3) is 5.69 Å². The molecule has 1 aromatic carbocycles. The van der Waals surface area contributed by atoms with Crippen LogP contribution >= 0.6 is 11.6 Å². The fourth-order valence-corrected chi connectivity index (χ4v) is 2.25. The van der Waals surface area contributed by atoms with Crippen molar-refractivity contribution < 1.29 is 14.8 Å². The summed E-state index contributed by atoms with van der Waals surface area (Å²) in [6, 6.07) is 4.01. The summed E-state index contributed by atoms with van der Waals surface area (Å²) in [5, 5.41) is 23.7. The van der Waals surface area contributed by atoms with E-state index in [1.807, 2.05) is 0 Å². The van der Waals surface area contributed by atoms with E-state index in [9.17, 15) is 20.0 Å². The lowest BCUT2D eigenvalue weighted by molar-refractivity contribution is -0.384. The van der Waals surface area contributed by atoms with E-state index in [2.05, 4.69) is 19.2 Å². The second-order valence-electron chi connectivity index (χ2n) is 6.42. The number of carbonyl (C=O) groups is 1. The van der Waals surface area contributed by atoms with E-state index >= 15 is 0 Å². The molecule has 0 aliphatic heterocycles. The number of amides is 1. The minimum absolute atomic E-state index is 0.0110. The van der Waals surface area contributed by atoms with E-state index in [0.29, 0.717) is 17.9 Å².